The summed E-state index contributed by atoms with van der Waals surface area (Å²) in [6.07, 6.45) is 0. The normalized spacial score (nSPS) is 12.2. The lowest BCUT2D eigenvalue weighted by Crippen LogP contribution is -2.15. The maximum Gasteiger partial charge on any atom is 0.0854 e. The lowest BCUT2D eigenvalue weighted by atomic mass is 9.98. The van der Waals surface area contributed by atoms with Crippen LogP contribution < -0.4 is 0 Å². The molecule has 0 saturated carbocycles. The minimum atomic E-state index is -0.786. The van der Waals surface area contributed by atoms with E-state index in [-0.39, 0.29) is 0 Å². The summed E-state index contributed by atoms with van der Waals surface area (Å²) in [6.45, 7) is 3.59. The Hall–Kier alpha value is -0.930. The van der Waals surface area contributed by atoms with Crippen molar-refractivity contribution in [3.8, 4) is 0 Å². The molecule has 1 N–H and O–H groups in total. The molecule has 1 aromatic carbocycles. The highest BCUT2D eigenvalue weighted by Crippen LogP contribution is 2.30. The highest BCUT2D eigenvalue weighted by atomic mass is 32.1. The van der Waals surface area contributed by atoms with Gasteiger partial charge in [0, 0.05) is 5.56 Å². The Kier molecular flexibility index (Phi) is 1.86. The van der Waals surface area contributed by atoms with E-state index >= 15 is 0 Å². The van der Waals surface area contributed by atoms with E-state index in [0.29, 0.717) is 0 Å². The highest BCUT2D eigenvalue weighted by Gasteiger charge is 2.19. The molecule has 0 spiro atoms. The van der Waals surface area contributed by atoms with E-state index in [1.54, 1.807) is 30.7 Å². The Labute approximate surface area is 80.9 Å². The topological polar surface area (TPSA) is 33.1 Å². The molecule has 0 radical (unpaired) electrons. The summed E-state index contributed by atoms with van der Waals surface area (Å²) in [5.74, 6) is 0. The van der Waals surface area contributed by atoms with Gasteiger partial charge in [-0.25, -0.2) is 4.98 Å². The van der Waals surface area contributed by atoms with Gasteiger partial charge in [0.25, 0.3) is 0 Å². The SMILES string of the molecule is CC(C)(O)c1cccc2ncsc12. The fourth-order valence-corrected chi connectivity index (χ4v) is 2.33. The average Bonchev–Trinajstić information content (AvgIpc) is 2.48. The second kappa shape index (κ2) is 2.79. The maximum atomic E-state index is 9.88. The number of hydrogen-bond donors (Lipinski definition) is 1. The number of benzene rings is 1. The van der Waals surface area contributed by atoms with Crippen molar-refractivity contribution < 1.29 is 5.11 Å². The second-order valence-electron chi connectivity index (χ2n) is 3.57. The van der Waals surface area contributed by atoms with Crippen LogP contribution >= 0.6 is 11.3 Å². The van der Waals surface area contributed by atoms with Crippen LogP contribution in [0.5, 0.6) is 0 Å². The monoisotopic (exact) mass is 193 g/mol. The van der Waals surface area contributed by atoms with Crippen molar-refractivity contribution in [2.45, 2.75) is 19.4 Å². The molecule has 2 aromatic rings. The van der Waals surface area contributed by atoms with Crippen LogP contribution in [0.3, 0.4) is 0 Å². The van der Waals surface area contributed by atoms with Gasteiger partial charge in [0.1, 0.15) is 0 Å². The van der Waals surface area contributed by atoms with Crippen LogP contribution in [0.25, 0.3) is 10.2 Å². The number of hydrogen-bond acceptors (Lipinski definition) is 3. The first-order valence-electron chi connectivity index (χ1n) is 4.14. The number of aliphatic hydroxyl groups is 1. The van der Waals surface area contributed by atoms with E-state index in [1.165, 1.54) is 0 Å². The minimum absolute atomic E-state index is 0.786. The molecular formula is C10H11NOS. The highest BCUT2D eigenvalue weighted by molar-refractivity contribution is 7.17. The van der Waals surface area contributed by atoms with E-state index in [4.69, 9.17) is 0 Å². The van der Waals surface area contributed by atoms with Crippen molar-refractivity contribution >= 4 is 21.6 Å². The van der Waals surface area contributed by atoms with Gasteiger partial charge in [0.05, 0.1) is 21.3 Å². The molecule has 68 valence electrons. The number of thiazole rings is 1. The van der Waals surface area contributed by atoms with Gasteiger partial charge in [0.2, 0.25) is 0 Å². The Bertz CT molecular complexity index is 428. The third-order valence-electron chi connectivity index (χ3n) is 2.02. The summed E-state index contributed by atoms with van der Waals surface area (Å²) in [5, 5.41) is 9.88. The predicted octanol–water partition coefficient (Wildman–Crippen LogP) is 2.52. The van der Waals surface area contributed by atoms with Gasteiger partial charge >= 0.3 is 0 Å². The lowest BCUT2D eigenvalue weighted by Gasteiger charge is -2.17. The Morgan fingerprint density at radius 1 is 1.38 bits per heavy atom. The van der Waals surface area contributed by atoms with Gasteiger partial charge in [0.15, 0.2) is 0 Å². The fourth-order valence-electron chi connectivity index (χ4n) is 1.37. The van der Waals surface area contributed by atoms with Crippen LogP contribution in [0, 0.1) is 0 Å². The molecule has 1 heterocycles. The van der Waals surface area contributed by atoms with E-state index in [2.05, 4.69) is 4.98 Å². The average molecular weight is 193 g/mol. The molecule has 0 amide bonds. The zero-order valence-electron chi connectivity index (χ0n) is 7.61. The molecule has 0 aliphatic carbocycles. The van der Waals surface area contributed by atoms with Gasteiger partial charge in [-0.2, -0.15) is 0 Å². The number of fused-ring (bicyclic) bond motifs is 1. The molecule has 2 rings (SSSR count). The summed E-state index contributed by atoms with van der Waals surface area (Å²) >= 11 is 1.57. The molecule has 0 saturated heterocycles. The Morgan fingerprint density at radius 3 is 2.85 bits per heavy atom. The molecule has 0 bridgehead atoms. The first kappa shape index (κ1) is 8.66. The number of rotatable bonds is 1. The molecule has 1 aromatic heterocycles. The fraction of sp³-hybridized carbons (Fsp3) is 0.300. The second-order valence-corrected chi connectivity index (χ2v) is 4.42. The summed E-state index contributed by atoms with van der Waals surface area (Å²) < 4.78 is 1.08. The number of nitrogens with zero attached hydrogens (tertiary/aromatic N) is 1. The van der Waals surface area contributed by atoms with E-state index in [0.717, 1.165) is 15.8 Å². The first-order chi connectivity index (χ1) is 6.09. The molecule has 0 fully saturated rings. The lowest BCUT2D eigenvalue weighted by molar-refractivity contribution is 0.0803. The van der Waals surface area contributed by atoms with Crippen molar-refractivity contribution in [3.63, 3.8) is 0 Å². The smallest absolute Gasteiger partial charge is 0.0854 e. The minimum Gasteiger partial charge on any atom is -0.386 e. The summed E-state index contributed by atoms with van der Waals surface area (Å²) in [5.41, 5.74) is 2.93. The van der Waals surface area contributed by atoms with E-state index < -0.39 is 5.60 Å². The Morgan fingerprint density at radius 2 is 2.15 bits per heavy atom. The molecule has 0 atom stereocenters. The summed E-state index contributed by atoms with van der Waals surface area (Å²) in [6, 6.07) is 5.83. The molecule has 0 unspecified atom stereocenters. The molecule has 2 nitrogen and oxygen atoms in total. The van der Waals surface area contributed by atoms with E-state index in [9.17, 15) is 5.11 Å². The van der Waals surface area contributed by atoms with Crippen molar-refractivity contribution in [2.75, 3.05) is 0 Å². The quantitative estimate of drug-likeness (QED) is 0.755. The maximum absolute atomic E-state index is 9.88. The van der Waals surface area contributed by atoms with Gasteiger partial charge in [-0.3, -0.25) is 0 Å². The van der Waals surface area contributed by atoms with Crippen molar-refractivity contribution in [1.29, 1.82) is 0 Å². The van der Waals surface area contributed by atoms with Crippen LogP contribution in [0.4, 0.5) is 0 Å². The molecule has 3 heteroatoms. The zero-order valence-corrected chi connectivity index (χ0v) is 8.43. The predicted molar refractivity (Wildman–Crippen MR) is 54.9 cm³/mol. The zero-order chi connectivity index (χ0) is 9.47. The summed E-state index contributed by atoms with van der Waals surface area (Å²) in [7, 11) is 0. The molecule has 0 aliphatic rings. The van der Waals surface area contributed by atoms with Crippen LogP contribution in [-0.2, 0) is 5.60 Å². The van der Waals surface area contributed by atoms with Gasteiger partial charge in [-0.05, 0) is 19.9 Å². The van der Waals surface area contributed by atoms with Crippen LogP contribution in [-0.4, -0.2) is 10.1 Å². The van der Waals surface area contributed by atoms with E-state index in [1.807, 2.05) is 18.2 Å². The number of aromatic nitrogens is 1. The van der Waals surface area contributed by atoms with Crippen LogP contribution in [0.1, 0.15) is 19.4 Å². The van der Waals surface area contributed by atoms with Crippen molar-refractivity contribution in [2.24, 2.45) is 0 Å². The van der Waals surface area contributed by atoms with Gasteiger partial charge in [-0.1, -0.05) is 12.1 Å². The van der Waals surface area contributed by atoms with Crippen molar-refractivity contribution in [1.82, 2.24) is 4.98 Å². The van der Waals surface area contributed by atoms with Gasteiger partial charge < -0.3 is 5.11 Å². The largest absolute Gasteiger partial charge is 0.386 e. The summed E-state index contributed by atoms with van der Waals surface area (Å²) in [4.78, 5) is 4.20. The third kappa shape index (κ3) is 1.45. The first-order valence-corrected chi connectivity index (χ1v) is 5.02. The van der Waals surface area contributed by atoms with Crippen molar-refractivity contribution in [3.05, 3.63) is 29.3 Å². The molecule has 13 heavy (non-hydrogen) atoms. The van der Waals surface area contributed by atoms with Crippen LogP contribution in [0.2, 0.25) is 0 Å². The molecule has 0 aliphatic heterocycles. The Balaban J connectivity index is 2.75. The molecular weight excluding hydrogens is 182 g/mol. The van der Waals surface area contributed by atoms with Crippen LogP contribution in [0.15, 0.2) is 23.7 Å². The third-order valence-corrected chi connectivity index (χ3v) is 2.89. The standard InChI is InChI=1S/C10H11NOS/c1-10(2,12)7-4-3-5-8-9(7)13-6-11-8/h3-6,12H,1-2H3. The van der Waals surface area contributed by atoms with Gasteiger partial charge in [-0.15, -0.1) is 11.3 Å².